The first-order valence-electron chi connectivity index (χ1n) is 6.31. The van der Waals surface area contributed by atoms with Gasteiger partial charge in [0.05, 0.1) is 5.02 Å². The normalized spacial score (nSPS) is 10.5. The molecule has 2 nitrogen and oxygen atoms in total. The van der Waals surface area contributed by atoms with Crippen LogP contribution in [-0.4, -0.2) is 12.4 Å². The van der Waals surface area contributed by atoms with E-state index in [2.05, 4.69) is 15.9 Å². The average Bonchev–Trinajstić information content (AvgIpc) is 2.40. The van der Waals surface area contributed by atoms with E-state index in [9.17, 15) is 9.18 Å². The molecule has 0 atom stereocenters. The Kier molecular flexibility index (Phi) is 5.37. The van der Waals surface area contributed by atoms with Gasteiger partial charge < -0.3 is 4.74 Å². The fourth-order valence-corrected chi connectivity index (χ4v) is 2.95. The van der Waals surface area contributed by atoms with Crippen molar-refractivity contribution < 1.29 is 13.9 Å². The number of carbonyl (C=O) groups is 1. The summed E-state index contributed by atoms with van der Waals surface area (Å²) in [6, 6.07) is 9.76. The monoisotopic (exact) mass is 370 g/mol. The van der Waals surface area contributed by atoms with Crippen LogP contribution in [0.15, 0.2) is 40.9 Å². The summed E-state index contributed by atoms with van der Waals surface area (Å²) in [4.78, 5) is 11.9. The minimum Gasteiger partial charge on any atom is -0.484 e. The molecule has 5 heteroatoms. The molecule has 0 saturated heterocycles. The van der Waals surface area contributed by atoms with Crippen molar-refractivity contribution in [1.29, 1.82) is 0 Å². The van der Waals surface area contributed by atoms with Crippen molar-refractivity contribution in [3.8, 4) is 5.75 Å². The number of carbonyl (C=O) groups excluding carboxylic acids is 1. The molecular weight excluding hydrogens is 359 g/mol. The van der Waals surface area contributed by atoms with Crippen molar-refractivity contribution in [1.82, 2.24) is 0 Å². The quantitative estimate of drug-likeness (QED) is 0.759. The van der Waals surface area contributed by atoms with Crippen LogP contribution in [0.2, 0.25) is 5.02 Å². The molecule has 2 aromatic rings. The van der Waals surface area contributed by atoms with Gasteiger partial charge in [-0.2, -0.15) is 0 Å². The zero-order valence-corrected chi connectivity index (χ0v) is 13.7. The number of Topliss-reactive ketones (excluding diaryl/α,β-unsaturated/α-hetero) is 1. The molecule has 0 amide bonds. The van der Waals surface area contributed by atoms with E-state index in [0.29, 0.717) is 16.3 Å². The topological polar surface area (TPSA) is 26.3 Å². The highest BCUT2D eigenvalue weighted by Gasteiger charge is 2.12. The predicted octanol–water partition coefficient (Wildman–Crippen LogP) is 4.74. The summed E-state index contributed by atoms with van der Waals surface area (Å²) in [5, 5.41) is 0.431. The van der Waals surface area contributed by atoms with Gasteiger partial charge in [-0.15, -0.1) is 0 Å². The molecule has 2 aromatic carbocycles. The molecule has 0 radical (unpaired) electrons. The van der Waals surface area contributed by atoms with E-state index >= 15 is 0 Å². The maximum absolute atomic E-state index is 13.5. The van der Waals surface area contributed by atoms with E-state index in [0.717, 1.165) is 10.0 Å². The molecule has 0 aliphatic carbocycles. The van der Waals surface area contributed by atoms with Crippen LogP contribution in [0, 0.1) is 12.7 Å². The third kappa shape index (κ3) is 4.29. The molecule has 0 heterocycles. The van der Waals surface area contributed by atoms with Gasteiger partial charge in [-0.1, -0.05) is 45.7 Å². The number of hydrogen-bond acceptors (Lipinski definition) is 2. The molecule has 0 unspecified atom stereocenters. The summed E-state index contributed by atoms with van der Waals surface area (Å²) >= 11 is 9.41. The number of ether oxygens (including phenoxy) is 1. The fraction of sp³-hybridized carbons (Fsp3) is 0.188. The van der Waals surface area contributed by atoms with E-state index in [1.807, 2.05) is 13.0 Å². The Bertz CT molecular complexity index is 650. The molecule has 0 aliphatic rings. The van der Waals surface area contributed by atoms with Crippen LogP contribution < -0.4 is 4.74 Å². The molecule has 0 bridgehead atoms. The Morgan fingerprint density at radius 1 is 1.33 bits per heavy atom. The second-order valence-electron chi connectivity index (χ2n) is 4.63. The van der Waals surface area contributed by atoms with E-state index < -0.39 is 0 Å². The smallest absolute Gasteiger partial charge is 0.174 e. The summed E-state index contributed by atoms with van der Waals surface area (Å²) in [7, 11) is 0. The summed E-state index contributed by atoms with van der Waals surface area (Å²) < 4.78 is 19.8. The Morgan fingerprint density at radius 2 is 2.05 bits per heavy atom. The van der Waals surface area contributed by atoms with Gasteiger partial charge in [0.1, 0.15) is 18.2 Å². The molecule has 0 aliphatic heterocycles. The summed E-state index contributed by atoms with van der Waals surface area (Å²) in [5.41, 5.74) is 1.19. The largest absolute Gasteiger partial charge is 0.484 e. The van der Waals surface area contributed by atoms with Crippen LogP contribution in [0.5, 0.6) is 5.75 Å². The van der Waals surface area contributed by atoms with Gasteiger partial charge in [-0.05, 0) is 36.2 Å². The standard InChI is InChI=1S/C16H13BrClFO2/c1-10-6-12(17)8-14(18)16(10)21-9-13(20)7-11-4-2-3-5-15(11)19/h2-6,8H,7,9H2,1H3. The third-order valence-corrected chi connectivity index (χ3v) is 3.66. The van der Waals surface area contributed by atoms with Crippen molar-refractivity contribution in [2.45, 2.75) is 13.3 Å². The second-order valence-corrected chi connectivity index (χ2v) is 5.95. The molecule has 0 N–H and O–H groups in total. The molecule has 0 aromatic heterocycles. The van der Waals surface area contributed by atoms with Gasteiger partial charge in [0.2, 0.25) is 0 Å². The van der Waals surface area contributed by atoms with Crippen LogP contribution in [0.1, 0.15) is 11.1 Å². The van der Waals surface area contributed by atoms with Crippen molar-refractivity contribution in [3.05, 3.63) is 62.8 Å². The van der Waals surface area contributed by atoms with Crippen molar-refractivity contribution in [3.63, 3.8) is 0 Å². The maximum atomic E-state index is 13.5. The van der Waals surface area contributed by atoms with E-state index in [-0.39, 0.29) is 24.6 Å². The molecule has 110 valence electrons. The average molecular weight is 372 g/mol. The Hall–Kier alpha value is -1.39. The third-order valence-electron chi connectivity index (χ3n) is 2.92. The Balaban J connectivity index is 2.01. The molecule has 0 spiro atoms. The molecule has 21 heavy (non-hydrogen) atoms. The van der Waals surface area contributed by atoms with Gasteiger partial charge in [0.25, 0.3) is 0 Å². The first-order chi connectivity index (χ1) is 9.97. The van der Waals surface area contributed by atoms with Gasteiger partial charge >= 0.3 is 0 Å². The number of halogens is 3. The Morgan fingerprint density at radius 3 is 2.71 bits per heavy atom. The molecule has 2 rings (SSSR count). The van der Waals surface area contributed by atoms with Crippen molar-refractivity contribution in [2.75, 3.05) is 6.61 Å². The SMILES string of the molecule is Cc1cc(Br)cc(Cl)c1OCC(=O)Cc1ccccc1F. The predicted molar refractivity (Wildman–Crippen MR) is 84.5 cm³/mol. The first kappa shape index (κ1) is 16.0. The fourth-order valence-electron chi connectivity index (χ4n) is 1.93. The highest BCUT2D eigenvalue weighted by atomic mass is 79.9. The van der Waals surface area contributed by atoms with E-state index in [1.54, 1.807) is 24.3 Å². The second kappa shape index (κ2) is 7.05. The van der Waals surface area contributed by atoms with Crippen LogP contribution in [0.3, 0.4) is 0 Å². The first-order valence-corrected chi connectivity index (χ1v) is 7.48. The summed E-state index contributed by atoms with van der Waals surface area (Å²) in [6.45, 7) is 1.70. The Labute approximate surface area is 136 Å². The van der Waals surface area contributed by atoms with Gasteiger partial charge in [-0.3, -0.25) is 4.79 Å². The highest BCUT2D eigenvalue weighted by Crippen LogP contribution is 2.31. The van der Waals surface area contributed by atoms with Crippen LogP contribution in [0.4, 0.5) is 4.39 Å². The minimum atomic E-state index is -0.385. The lowest BCUT2D eigenvalue weighted by Crippen LogP contribution is -2.15. The minimum absolute atomic E-state index is 0.000131. The van der Waals surface area contributed by atoms with Crippen molar-refractivity contribution >= 4 is 33.3 Å². The summed E-state index contributed by atoms with van der Waals surface area (Å²) in [6.07, 6.45) is -0.000131. The number of benzene rings is 2. The van der Waals surface area contributed by atoms with Crippen LogP contribution in [-0.2, 0) is 11.2 Å². The maximum Gasteiger partial charge on any atom is 0.174 e. The lowest BCUT2D eigenvalue weighted by molar-refractivity contribution is -0.120. The molecule has 0 fully saturated rings. The molecule has 0 saturated carbocycles. The summed E-state index contributed by atoms with van der Waals surface area (Å²) in [5.74, 6) is -0.121. The van der Waals surface area contributed by atoms with E-state index in [4.69, 9.17) is 16.3 Å². The van der Waals surface area contributed by atoms with Gasteiger partial charge in [0, 0.05) is 10.9 Å². The molecular formula is C16H13BrClFO2. The zero-order chi connectivity index (χ0) is 15.4. The van der Waals surface area contributed by atoms with E-state index in [1.165, 1.54) is 6.07 Å². The van der Waals surface area contributed by atoms with Crippen LogP contribution in [0.25, 0.3) is 0 Å². The lowest BCUT2D eigenvalue weighted by Gasteiger charge is -2.11. The van der Waals surface area contributed by atoms with Gasteiger partial charge in [-0.25, -0.2) is 4.39 Å². The highest BCUT2D eigenvalue weighted by molar-refractivity contribution is 9.10. The van der Waals surface area contributed by atoms with Crippen molar-refractivity contribution in [2.24, 2.45) is 0 Å². The number of rotatable bonds is 5. The number of aryl methyl sites for hydroxylation is 1. The number of hydrogen-bond donors (Lipinski definition) is 0. The van der Waals surface area contributed by atoms with Crippen LogP contribution >= 0.6 is 27.5 Å². The van der Waals surface area contributed by atoms with Gasteiger partial charge in [0.15, 0.2) is 5.78 Å². The lowest BCUT2D eigenvalue weighted by atomic mass is 10.1. The number of ketones is 1. The zero-order valence-electron chi connectivity index (χ0n) is 11.3.